The molecule has 37 heavy (non-hydrogen) atoms. The smallest absolute Gasteiger partial charge is 0.354 e. The van der Waals surface area contributed by atoms with Crippen LogP contribution in [-0.4, -0.2) is 64.1 Å². The number of amides is 2. The normalized spacial score (nSPS) is 24.9. The van der Waals surface area contributed by atoms with Gasteiger partial charge >= 0.3 is 5.97 Å². The fraction of sp³-hybridized carbons (Fsp3) is 0.500. The second-order valence-corrected chi connectivity index (χ2v) is 10.5. The number of para-hydroxylation sites is 1. The Balaban J connectivity index is 1.26. The lowest BCUT2D eigenvalue weighted by molar-refractivity contribution is -0.156. The Morgan fingerprint density at radius 3 is 2.65 bits per heavy atom. The van der Waals surface area contributed by atoms with Crippen molar-refractivity contribution in [3.05, 3.63) is 52.8 Å². The van der Waals surface area contributed by atoms with Crippen molar-refractivity contribution in [2.75, 3.05) is 18.1 Å². The number of Topliss-reactive ketones (excluding diaryl/α,β-unsaturated/α-hetero) is 1. The fourth-order valence-electron chi connectivity index (χ4n) is 6.19. The number of benzene rings is 1. The number of ketones is 1. The molecule has 1 saturated carbocycles. The third-order valence-corrected chi connectivity index (χ3v) is 8.16. The van der Waals surface area contributed by atoms with Crippen LogP contribution in [0, 0.1) is 13.8 Å². The lowest BCUT2D eigenvalue weighted by Gasteiger charge is -2.48. The van der Waals surface area contributed by atoms with Gasteiger partial charge < -0.3 is 18.9 Å². The summed E-state index contributed by atoms with van der Waals surface area (Å²) in [4.78, 5) is 56.6. The van der Waals surface area contributed by atoms with Crippen LogP contribution in [0.4, 0.5) is 5.69 Å². The van der Waals surface area contributed by atoms with E-state index in [0.29, 0.717) is 23.4 Å². The molecular formula is C28H31N3O6. The van der Waals surface area contributed by atoms with Crippen LogP contribution in [0.25, 0.3) is 0 Å². The van der Waals surface area contributed by atoms with Gasteiger partial charge in [0.15, 0.2) is 6.61 Å². The number of anilines is 1. The molecule has 1 aromatic carbocycles. The summed E-state index contributed by atoms with van der Waals surface area (Å²) >= 11 is 0. The molecule has 3 aliphatic heterocycles. The van der Waals surface area contributed by atoms with Crippen molar-refractivity contribution >= 4 is 29.3 Å². The quantitative estimate of drug-likeness (QED) is 0.424. The number of ether oxygens (including phenoxy) is 2. The van der Waals surface area contributed by atoms with E-state index in [2.05, 4.69) is 4.57 Å². The molecule has 9 nitrogen and oxygen atoms in total. The average molecular weight is 506 g/mol. The highest BCUT2D eigenvalue weighted by molar-refractivity contribution is 6.16. The molecule has 1 aromatic heterocycles. The fourth-order valence-corrected chi connectivity index (χ4v) is 6.19. The van der Waals surface area contributed by atoms with Crippen LogP contribution in [0.3, 0.4) is 0 Å². The van der Waals surface area contributed by atoms with Gasteiger partial charge in [-0.3, -0.25) is 19.3 Å². The van der Waals surface area contributed by atoms with E-state index in [-0.39, 0.29) is 42.6 Å². The van der Waals surface area contributed by atoms with Crippen molar-refractivity contribution in [2.24, 2.45) is 0 Å². The van der Waals surface area contributed by atoms with Gasteiger partial charge in [-0.1, -0.05) is 12.1 Å². The molecule has 0 radical (unpaired) electrons. The molecule has 2 aromatic rings. The van der Waals surface area contributed by atoms with E-state index in [4.69, 9.17) is 9.47 Å². The van der Waals surface area contributed by atoms with E-state index < -0.39 is 18.2 Å². The molecule has 3 fully saturated rings. The molecule has 0 unspecified atom stereocenters. The summed E-state index contributed by atoms with van der Waals surface area (Å²) in [5.41, 5.74) is 1.54. The maximum atomic E-state index is 13.8. The number of rotatable bonds is 7. The molecule has 0 N–H and O–H groups in total. The van der Waals surface area contributed by atoms with Gasteiger partial charge in [-0.05, 0) is 57.7 Å². The second-order valence-electron chi connectivity index (χ2n) is 10.5. The molecule has 2 atom stereocenters. The number of aromatic nitrogens is 1. The SMILES string of the molecule is Cc1cc(C(=O)COC(=O)[C@@]23CCC(=O)N2c2ccccc2C(=O)N3C2CC2)c(C)n1C[C@H]1CCCO1. The van der Waals surface area contributed by atoms with Gasteiger partial charge in [-0.2, -0.15) is 0 Å². The van der Waals surface area contributed by atoms with Gasteiger partial charge in [0.25, 0.3) is 5.91 Å². The Hall–Kier alpha value is -3.46. The molecule has 2 saturated heterocycles. The first kappa shape index (κ1) is 23.9. The lowest BCUT2D eigenvalue weighted by Crippen LogP contribution is -2.69. The van der Waals surface area contributed by atoms with Gasteiger partial charge in [-0.25, -0.2) is 4.79 Å². The largest absolute Gasteiger partial charge is 0.454 e. The van der Waals surface area contributed by atoms with Crippen LogP contribution in [0.5, 0.6) is 0 Å². The predicted molar refractivity (Wildman–Crippen MR) is 133 cm³/mol. The van der Waals surface area contributed by atoms with E-state index >= 15 is 0 Å². The predicted octanol–water partition coefficient (Wildman–Crippen LogP) is 3.15. The Bertz CT molecular complexity index is 1300. The molecule has 4 aliphatic rings. The number of fused-ring (bicyclic) bond motifs is 3. The third kappa shape index (κ3) is 3.70. The van der Waals surface area contributed by atoms with Crippen molar-refractivity contribution in [3.8, 4) is 0 Å². The third-order valence-electron chi connectivity index (χ3n) is 8.16. The summed E-state index contributed by atoms with van der Waals surface area (Å²) in [6.07, 6.45) is 3.97. The van der Waals surface area contributed by atoms with E-state index in [1.807, 2.05) is 19.9 Å². The van der Waals surface area contributed by atoms with Gasteiger partial charge in [0, 0.05) is 49.0 Å². The molecule has 2 amide bonds. The maximum absolute atomic E-state index is 13.8. The minimum Gasteiger partial charge on any atom is -0.454 e. The van der Waals surface area contributed by atoms with E-state index in [1.54, 1.807) is 29.2 Å². The monoisotopic (exact) mass is 505 g/mol. The first-order valence-corrected chi connectivity index (χ1v) is 13.1. The van der Waals surface area contributed by atoms with E-state index in [0.717, 1.165) is 43.7 Å². The van der Waals surface area contributed by atoms with Crippen LogP contribution < -0.4 is 4.90 Å². The number of esters is 1. The molecule has 4 heterocycles. The molecule has 0 bridgehead atoms. The van der Waals surface area contributed by atoms with Gasteiger partial charge in [0.05, 0.1) is 17.4 Å². The number of hydrogen-bond donors (Lipinski definition) is 0. The molecule has 194 valence electrons. The highest BCUT2D eigenvalue weighted by Crippen LogP contribution is 2.49. The standard InChI is InChI=1S/C28H31N3O6/c1-17-14-22(18(2)29(17)15-20-6-5-13-36-20)24(32)16-37-27(35)28-12-11-25(33)31(28)23-8-4-3-7-21(23)26(34)30(28)19-9-10-19/h3-4,7-8,14,19-20H,5-6,9-13,15-16H2,1-2H3/t20-,28-/m1/s1. The molecule has 1 aliphatic carbocycles. The van der Waals surface area contributed by atoms with Gasteiger partial charge in [0.2, 0.25) is 17.4 Å². The van der Waals surface area contributed by atoms with E-state index in [1.165, 1.54) is 4.90 Å². The Morgan fingerprint density at radius 1 is 1.14 bits per heavy atom. The summed E-state index contributed by atoms with van der Waals surface area (Å²) in [6.45, 7) is 4.82. The molecule has 6 rings (SSSR count). The van der Waals surface area contributed by atoms with Crippen LogP contribution in [-0.2, 0) is 25.6 Å². The minimum atomic E-state index is -1.55. The Labute approximate surface area is 215 Å². The lowest BCUT2D eigenvalue weighted by atomic mass is 9.96. The molecule has 0 spiro atoms. The maximum Gasteiger partial charge on any atom is 0.354 e. The molecule has 9 heteroatoms. The van der Waals surface area contributed by atoms with Crippen LogP contribution >= 0.6 is 0 Å². The van der Waals surface area contributed by atoms with Crippen molar-refractivity contribution in [1.29, 1.82) is 0 Å². The zero-order valence-corrected chi connectivity index (χ0v) is 21.2. The number of hydrogen-bond acceptors (Lipinski definition) is 6. The summed E-state index contributed by atoms with van der Waals surface area (Å²) in [5.74, 6) is -1.54. The van der Waals surface area contributed by atoms with Crippen LogP contribution in [0.2, 0.25) is 0 Å². The second kappa shape index (κ2) is 8.83. The number of carbonyl (C=O) groups is 4. The van der Waals surface area contributed by atoms with E-state index in [9.17, 15) is 19.2 Å². The van der Waals surface area contributed by atoms with Crippen molar-refractivity contribution < 1.29 is 28.7 Å². The van der Waals surface area contributed by atoms with Crippen LogP contribution in [0.1, 0.15) is 70.6 Å². The summed E-state index contributed by atoms with van der Waals surface area (Å²) in [5, 5.41) is 0. The average Bonchev–Trinajstić information content (AvgIpc) is 3.34. The van der Waals surface area contributed by atoms with Crippen molar-refractivity contribution in [2.45, 2.75) is 76.7 Å². The highest BCUT2D eigenvalue weighted by atomic mass is 16.5. The summed E-state index contributed by atoms with van der Waals surface area (Å²) < 4.78 is 13.5. The Kier molecular flexibility index (Phi) is 5.71. The zero-order valence-electron chi connectivity index (χ0n) is 21.2. The number of aryl methyl sites for hydroxylation is 1. The van der Waals surface area contributed by atoms with Gasteiger partial charge in [-0.15, -0.1) is 0 Å². The summed E-state index contributed by atoms with van der Waals surface area (Å²) in [6, 6.07) is 8.56. The van der Waals surface area contributed by atoms with Crippen molar-refractivity contribution in [3.63, 3.8) is 0 Å². The first-order chi connectivity index (χ1) is 17.8. The highest BCUT2D eigenvalue weighted by Gasteiger charge is 2.64. The Morgan fingerprint density at radius 2 is 1.92 bits per heavy atom. The number of nitrogens with zero attached hydrogens (tertiary/aromatic N) is 3. The minimum absolute atomic E-state index is 0.123. The zero-order chi connectivity index (χ0) is 25.9. The topological polar surface area (TPSA) is 98.1 Å². The van der Waals surface area contributed by atoms with Gasteiger partial charge in [0.1, 0.15) is 0 Å². The molecular weight excluding hydrogens is 474 g/mol. The van der Waals surface area contributed by atoms with Crippen LogP contribution in [0.15, 0.2) is 30.3 Å². The summed E-state index contributed by atoms with van der Waals surface area (Å²) in [7, 11) is 0. The number of carbonyl (C=O) groups excluding carboxylic acids is 4. The van der Waals surface area contributed by atoms with Crippen molar-refractivity contribution in [1.82, 2.24) is 9.47 Å². The first-order valence-electron chi connectivity index (χ1n) is 13.1.